The summed E-state index contributed by atoms with van der Waals surface area (Å²) in [6, 6.07) is 7.16. The number of halogens is 1. The average Bonchev–Trinajstić information content (AvgIpc) is 2.37. The Morgan fingerprint density at radius 2 is 1.95 bits per heavy atom. The summed E-state index contributed by atoms with van der Waals surface area (Å²) in [5.41, 5.74) is 8.73. The Bertz CT molecular complexity index is 472. The molecule has 118 valence electrons. The Kier molecular flexibility index (Phi) is 5.21. The highest BCUT2D eigenvalue weighted by atomic mass is 35.5. The third-order valence-corrected chi connectivity index (χ3v) is 5.11. The number of benzene rings is 1. The monoisotopic (exact) mass is 308 g/mol. The van der Waals surface area contributed by atoms with Crippen molar-refractivity contribution in [2.24, 2.45) is 11.1 Å². The van der Waals surface area contributed by atoms with E-state index in [4.69, 9.17) is 17.3 Å². The highest BCUT2D eigenvalue weighted by Crippen LogP contribution is 2.39. The topological polar surface area (TPSA) is 29.3 Å². The summed E-state index contributed by atoms with van der Waals surface area (Å²) in [6.07, 6.45) is 5.97. The maximum absolute atomic E-state index is 6.50. The van der Waals surface area contributed by atoms with Gasteiger partial charge in [-0.1, -0.05) is 31.5 Å². The highest BCUT2D eigenvalue weighted by molar-refractivity contribution is 6.33. The van der Waals surface area contributed by atoms with E-state index in [0.29, 0.717) is 11.5 Å². The Hall–Kier alpha value is -0.730. The molecule has 1 aliphatic rings. The van der Waals surface area contributed by atoms with Crippen molar-refractivity contribution in [3.63, 3.8) is 0 Å². The second-order valence-corrected chi connectivity index (χ2v) is 7.88. The van der Waals surface area contributed by atoms with E-state index in [0.717, 1.165) is 17.1 Å². The van der Waals surface area contributed by atoms with Gasteiger partial charge in [0.15, 0.2) is 0 Å². The first kappa shape index (κ1) is 16.6. The molecule has 0 aromatic heterocycles. The van der Waals surface area contributed by atoms with E-state index in [9.17, 15) is 0 Å². The van der Waals surface area contributed by atoms with Crippen molar-refractivity contribution in [2.75, 3.05) is 11.9 Å². The third-order valence-electron chi connectivity index (χ3n) is 4.81. The second kappa shape index (κ2) is 6.58. The zero-order valence-electron chi connectivity index (χ0n) is 13.8. The molecule has 0 bridgehead atoms. The largest absolute Gasteiger partial charge is 0.370 e. The zero-order valence-corrected chi connectivity index (χ0v) is 14.6. The van der Waals surface area contributed by atoms with Gasteiger partial charge in [0.2, 0.25) is 0 Å². The Morgan fingerprint density at radius 3 is 2.48 bits per heavy atom. The van der Waals surface area contributed by atoms with Crippen LogP contribution in [0.4, 0.5) is 5.69 Å². The van der Waals surface area contributed by atoms with Crippen molar-refractivity contribution < 1.29 is 0 Å². The van der Waals surface area contributed by atoms with Gasteiger partial charge in [-0.25, -0.2) is 0 Å². The summed E-state index contributed by atoms with van der Waals surface area (Å²) in [4.78, 5) is 2.37. The first-order valence-corrected chi connectivity index (χ1v) is 8.43. The summed E-state index contributed by atoms with van der Waals surface area (Å²) in [5.74, 6) is 0. The fourth-order valence-corrected chi connectivity index (χ4v) is 3.64. The van der Waals surface area contributed by atoms with Crippen LogP contribution in [0.2, 0.25) is 5.02 Å². The van der Waals surface area contributed by atoms with Crippen LogP contribution >= 0.6 is 11.6 Å². The number of anilines is 1. The summed E-state index contributed by atoms with van der Waals surface area (Å²) in [5, 5.41) is 0.848. The summed E-state index contributed by atoms with van der Waals surface area (Å²) in [6.45, 7) is 6.77. The minimum absolute atomic E-state index is 0.172. The lowest BCUT2D eigenvalue weighted by atomic mass is 9.75. The summed E-state index contributed by atoms with van der Waals surface area (Å²) in [7, 11) is 2.18. The van der Waals surface area contributed by atoms with Gasteiger partial charge in [-0.3, -0.25) is 0 Å². The smallest absolute Gasteiger partial charge is 0.0642 e. The number of nitrogens with zero attached hydrogens (tertiary/aromatic N) is 1. The number of hydrogen-bond donors (Lipinski definition) is 1. The minimum Gasteiger partial charge on any atom is -0.370 e. The van der Waals surface area contributed by atoms with E-state index < -0.39 is 0 Å². The molecule has 1 aromatic carbocycles. The normalized spacial score (nSPS) is 20.3. The Balaban J connectivity index is 2.07. The minimum atomic E-state index is 0.172. The molecule has 0 saturated heterocycles. The molecule has 0 amide bonds. The molecule has 21 heavy (non-hydrogen) atoms. The van der Waals surface area contributed by atoms with Crippen LogP contribution in [-0.4, -0.2) is 19.1 Å². The molecular weight excluding hydrogens is 280 g/mol. The SMILES string of the molecule is CC(N)Cc1ccc(N(C)C2CCC(C)(C)CC2)c(Cl)c1. The van der Waals surface area contributed by atoms with Crippen molar-refractivity contribution >= 4 is 17.3 Å². The Labute approximate surface area is 134 Å². The van der Waals surface area contributed by atoms with E-state index in [1.807, 2.05) is 6.92 Å². The number of nitrogens with two attached hydrogens (primary N) is 1. The van der Waals surface area contributed by atoms with Crippen LogP contribution in [0.3, 0.4) is 0 Å². The Morgan fingerprint density at radius 1 is 1.33 bits per heavy atom. The quantitative estimate of drug-likeness (QED) is 0.878. The maximum atomic E-state index is 6.50. The van der Waals surface area contributed by atoms with E-state index >= 15 is 0 Å². The van der Waals surface area contributed by atoms with E-state index in [1.165, 1.54) is 31.2 Å². The number of rotatable bonds is 4. The van der Waals surface area contributed by atoms with Crippen LogP contribution in [0.25, 0.3) is 0 Å². The zero-order chi connectivity index (χ0) is 15.6. The molecule has 2 N–H and O–H groups in total. The van der Waals surface area contributed by atoms with Crippen molar-refractivity contribution in [3.8, 4) is 0 Å². The van der Waals surface area contributed by atoms with Crippen LogP contribution < -0.4 is 10.6 Å². The molecular formula is C18H29ClN2. The van der Waals surface area contributed by atoms with Gasteiger partial charge in [-0.15, -0.1) is 0 Å². The van der Waals surface area contributed by atoms with Gasteiger partial charge in [0.05, 0.1) is 10.7 Å². The molecule has 1 aliphatic carbocycles. The highest BCUT2D eigenvalue weighted by Gasteiger charge is 2.29. The van der Waals surface area contributed by atoms with Crippen LogP contribution in [-0.2, 0) is 6.42 Å². The molecule has 2 nitrogen and oxygen atoms in total. The van der Waals surface area contributed by atoms with Crippen molar-refractivity contribution in [2.45, 2.75) is 65.0 Å². The fraction of sp³-hybridized carbons (Fsp3) is 0.667. The molecule has 0 heterocycles. The summed E-state index contributed by atoms with van der Waals surface area (Å²) >= 11 is 6.50. The van der Waals surface area contributed by atoms with Gasteiger partial charge in [0, 0.05) is 19.1 Å². The fourth-order valence-electron chi connectivity index (χ4n) is 3.30. The molecule has 1 fully saturated rings. The van der Waals surface area contributed by atoms with Gasteiger partial charge < -0.3 is 10.6 Å². The van der Waals surface area contributed by atoms with Gasteiger partial charge in [0.1, 0.15) is 0 Å². The van der Waals surface area contributed by atoms with Crippen molar-refractivity contribution in [1.82, 2.24) is 0 Å². The van der Waals surface area contributed by atoms with Crippen LogP contribution in [0.5, 0.6) is 0 Å². The molecule has 1 saturated carbocycles. The van der Waals surface area contributed by atoms with Gasteiger partial charge in [0.25, 0.3) is 0 Å². The van der Waals surface area contributed by atoms with Crippen LogP contribution in [0.1, 0.15) is 52.0 Å². The second-order valence-electron chi connectivity index (χ2n) is 7.47. The lowest BCUT2D eigenvalue weighted by Crippen LogP contribution is -2.37. The first-order chi connectivity index (χ1) is 9.78. The first-order valence-electron chi connectivity index (χ1n) is 8.05. The standard InChI is InChI=1S/C18H29ClN2/c1-13(20)11-14-5-6-17(16(19)12-14)21(4)15-7-9-18(2,3)10-8-15/h5-6,12-13,15H,7-11,20H2,1-4H3. The van der Waals surface area contributed by atoms with E-state index in [2.05, 4.69) is 44.0 Å². The van der Waals surface area contributed by atoms with Gasteiger partial charge >= 0.3 is 0 Å². The van der Waals surface area contributed by atoms with Crippen molar-refractivity contribution in [1.29, 1.82) is 0 Å². The molecule has 3 heteroatoms. The molecule has 1 atom stereocenters. The lowest BCUT2D eigenvalue weighted by molar-refractivity contribution is 0.222. The predicted octanol–water partition coefficient (Wildman–Crippen LogP) is 4.63. The van der Waals surface area contributed by atoms with Crippen molar-refractivity contribution in [3.05, 3.63) is 28.8 Å². The van der Waals surface area contributed by atoms with Crippen LogP contribution in [0.15, 0.2) is 18.2 Å². The molecule has 0 aliphatic heterocycles. The van der Waals surface area contributed by atoms with Gasteiger partial charge in [-0.2, -0.15) is 0 Å². The van der Waals surface area contributed by atoms with Crippen LogP contribution in [0, 0.1) is 5.41 Å². The molecule has 0 spiro atoms. The average molecular weight is 309 g/mol. The molecule has 1 unspecified atom stereocenters. The van der Waals surface area contributed by atoms with E-state index in [1.54, 1.807) is 0 Å². The maximum Gasteiger partial charge on any atom is 0.0642 e. The lowest BCUT2D eigenvalue weighted by Gasteiger charge is -2.39. The number of hydrogen-bond acceptors (Lipinski definition) is 2. The summed E-state index contributed by atoms with van der Waals surface area (Å²) < 4.78 is 0. The van der Waals surface area contributed by atoms with Gasteiger partial charge in [-0.05, 0) is 62.1 Å². The van der Waals surface area contributed by atoms with E-state index in [-0.39, 0.29) is 6.04 Å². The molecule has 0 radical (unpaired) electrons. The molecule has 2 rings (SSSR count). The molecule has 1 aromatic rings. The predicted molar refractivity (Wildman–Crippen MR) is 93.2 cm³/mol. The third kappa shape index (κ3) is 4.37.